The molecule has 0 radical (unpaired) electrons. The Morgan fingerprint density at radius 1 is 0.861 bits per heavy atom. The zero-order chi connectivity index (χ0) is 26.5. The van der Waals surface area contributed by atoms with Crippen LogP contribution in [0.3, 0.4) is 0 Å². The van der Waals surface area contributed by atoms with Crippen molar-refractivity contribution in [2.45, 2.75) is 11.8 Å². The van der Waals surface area contributed by atoms with Crippen LogP contribution in [0.4, 0.5) is 11.4 Å². The standard InChI is InChI=1S/C25H27ClN2O7S/c1-16-6-7-17(26)12-20(16)27-25(29)15-28(21-13-18(32-2)8-10-22(21)33-3)36(30,31)19-9-11-23(34-4)24(14-19)35-5/h6-14H,15H2,1-5H3,(H,27,29). The first kappa shape index (κ1) is 27.0. The summed E-state index contributed by atoms with van der Waals surface area (Å²) in [7, 11) is 1.40. The van der Waals surface area contributed by atoms with Gasteiger partial charge in [-0.25, -0.2) is 8.42 Å². The Morgan fingerprint density at radius 2 is 1.53 bits per heavy atom. The third-order valence-corrected chi connectivity index (χ3v) is 7.35. The Bertz CT molecular complexity index is 1360. The molecule has 36 heavy (non-hydrogen) atoms. The highest BCUT2D eigenvalue weighted by Gasteiger charge is 2.31. The van der Waals surface area contributed by atoms with Gasteiger partial charge in [0.1, 0.15) is 18.0 Å². The number of methoxy groups -OCH3 is 4. The predicted molar refractivity (Wildman–Crippen MR) is 138 cm³/mol. The summed E-state index contributed by atoms with van der Waals surface area (Å²) >= 11 is 6.07. The van der Waals surface area contributed by atoms with Gasteiger partial charge in [-0.1, -0.05) is 17.7 Å². The topological polar surface area (TPSA) is 103 Å². The first-order chi connectivity index (χ1) is 17.1. The summed E-state index contributed by atoms with van der Waals surface area (Å²) in [5.41, 5.74) is 1.35. The van der Waals surface area contributed by atoms with Gasteiger partial charge in [-0.3, -0.25) is 9.10 Å². The quantitative estimate of drug-likeness (QED) is 0.408. The zero-order valence-corrected chi connectivity index (χ0v) is 22.1. The van der Waals surface area contributed by atoms with E-state index < -0.39 is 22.5 Å². The van der Waals surface area contributed by atoms with Crippen LogP contribution in [0.2, 0.25) is 5.02 Å². The maximum Gasteiger partial charge on any atom is 0.265 e. The fourth-order valence-corrected chi connectivity index (χ4v) is 5.06. The van der Waals surface area contributed by atoms with Crippen molar-refractivity contribution >= 4 is 38.9 Å². The lowest BCUT2D eigenvalue weighted by Crippen LogP contribution is -2.38. The number of rotatable bonds is 10. The van der Waals surface area contributed by atoms with Crippen molar-refractivity contribution in [3.05, 3.63) is 65.2 Å². The van der Waals surface area contributed by atoms with Gasteiger partial charge < -0.3 is 24.3 Å². The molecule has 0 atom stereocenters. The molecule has 0 bridgehead atoms. The molecule has 3 aromatic rings. The molecule has 0 spiro atoms. The van der Waals surface area contributed by atoms with E-state index in [0.717, 1.165) is 9.87 Å². The Balaban J connectivity index is 2.11. The van der Waals surface area contributed by atoms with Gasteiger partial charge >= 0.3 is 0 Å². The van der Waals surface area contributed by atoms with Crippen molar-refractivity contribution < 1.29 is 32.2 Å². The second-order valence-electron chi connectivity index (χ2n) is 7.57. The number of hydrogen-bond donors (Lipinski definition) is 1. The largest absolute Gasteiger partial charge is 0.497 e. The second-order valence-corrected chi connectivity index (χ2v) is 9.87. The first-order valence-corrected chi connectivity index (χ1v) is 12.5. The maximum atomic E-state index is 13.9. The van der Waals surface area contributed by atoms with E-state index >= 15 is 0 Å². The van der Waals surface area contributed by atoms with Crippen LogP contribution in [0, 0.1) is 6.92 Å². The molecule has 0 saturated carbocycles. The van der Waals surface area contributed by atoms with Crippen LogP contribution >= 0.6 is 11.6 Å². The van der Waals surface area contributed by atoms with E-state index in [0.29, 0.717) is 22.2 Å². The van der Waals surface area contributed by atoms with Crippen molar-refractivity contribution in [1.29, 1.82) is 0 Å². The second kappa shape index (κ2) is 11.4. The Hall–Kier alpha value is -3.63. The number of carbonyl (C=O) groups is 1. The number of ether oxygens (including phenoxy) is 4. The van der Waals surface area contributed by atoms with Gasteiger partial charge in [0.25, 0.3) is 10.0 Å². The van der Waals surface area contributed by atoms with E-state index in [1.54, 1.807) is 37.3 Å². The summed E-state index contributed by atoms with van der Waals surface area (Å²) in [4.78, 5) is 13.0. The van der Waals surface area contributed by atoms with Crippen molar-refractivity contribution in [3.63, 3.8) is 0 Å². The van der Waals surface area contributed by atoms with E-state index in [1.807, 2.05) is 0 Å². The van der Waals surface area contributed by atoms with Gasteiger partial charge in [0.15, 0.2) is 11.5 Å². The zero-order valence-electron chi connectivity index (χ0n) is 20.5. The molecule has 0 aliphatic rings. The molecule has 11 heteroatoms. The van der Waals surface area contributed by atoms with Crippen LogP contribution in [0.25, 0.3) is 0 Å². The minimum absolute atomic E-state index is 0.114. The Morgan fingerprint density at radius 3 is 2.17 bits per heavy atom. The van der Waals surface area contributed by atoms with E-state index in [1.165, 1.54) is 52.7 Å². The molecule has 0 saturated heterocycles. The SMILES string of the molecule is COc1ccc(OC)c(N(CC(=O)Nc2cc(Cl)ccc2C)S(=O)(=O)c2ccc(OC)c(OC)c2)c1. The van der Waals surface area contributed by atoms with E-state index in [-0.39, 0.29) is 22.1 Å². The summed E-state index contributed by atoms with van der Waals surface area (Å²) in [5.74, 6) is 0.594. The smallest absolute Gasteiger partial charge is 0.265 e. The number of aryl methyl sites for hydroxylation is 1. The average molecular weight is 535 g/mol. The summed E-state index contributed by atoms with van der Waals surface area (Å²) in [6, 6.07) is 13.9. The molecule has 3 aromatic carbocycles. The molecule has 0 heterocycles. The number of benzene rings is 3. The molecule has 0 fully saturated rings. The Labute approximate surface area is 215 Å². The minimum Gasteiger partial charge on any atom is -0.497 e. The summed E-state index contributed by atoms with van der Waals surface area (Å²) in [6.07, 6.45) is 0. The summed E-state index contributed by atoms with van der Waals surface area (Å²) < 4.78 is 50.0. The number of hydrogen-bond acceptors (Lipinski definition) is 7. The number of carbonyl (C=O) groups excluding carboxylic acids is 1. The Kier molecular flexibility index (Phi) is 8.54. The number of nitrogens with one attached hydrogen (secondary N) is 1. The molecule has 0 aliphatic heterocycles. The molecular weight excluding hydrogens is 508 g/mol. The first-order valence-electron chi connectivity index (χ1n) is 10.7. The molecule has 192 valence electrons. The number of nitrogens with zero attached hydrogens (tertiary/aromatic N) is 1. The van der Waals surface area contributed by atoms with Gasteiger partial charge in [0, 0.05) is 22.8 Å². The fraction of sp³-hybridized carbons (Fsp3) is 0.240. The highest BCUT2D eigenvalue weighted by molar-refractivity contribution is 7.92. The fourth-order valence-electron chi connectivity index (χ4n) is 3.44. The summed E-state index contributed by atoms with van der Waals surface area (Å²) in [5, 5.41) is 3.17. The third-order valence-electron chi connectivity index (χ3n) is 5.36. The summed E-state index contributed by atoms with van der Waals surface area (Å²) in [6.45, 7) is 1.24. The number of halogens is 1. The minimum atomic E-state index is -4.30. The van der Waals surface area contributed by atoms with Gasteiger partial charge in [-0.15, -0.1) is 0 Å². The van der Waals surface area contributed by atoms with Gasteiger partial charge in [0.05, 0.1) is 39.0 Å². The molecular formula is C25H27ClN2O7S. The van der Waals surface area contributed by atoms with Crippen LogP contribution in [-0.2, 0) is 14.8 Å². The molecule has 0 aliphatic carbocycles. The van der Waals surface area contributed by atoms with Crippen LogP contribution in [0.5, 0.6) is 23.0 Å². The maximum absolute atomic E-state index is 13.9. The molecule has 0 unspecified atom stereocenters. The highest BCUT2D eigenvalue weighted by atomic mass is 35.5. The number of anilines is 2. The lowest BCUT2D eigenvalue weighted by Gasteiger charge is -2.26. The number of amides is 1. The van der Waals surface area contributed by atoms with Crippen molar-refractivity contribution in [2.24, 2.45) is 0 Å². The van der Waals surface area contributed by atoms with Crippen LogP contribution < -0.4 is 28.6 Å². The predicted octanol–water partition coefficient (Wildman–Crippen LogP) is 4.52. The number of sulfonamides is 1. The molecule has 1 N–H and O–H groups in total. The van der Waals surface area contributed by atoms with Gasteiger partial charge in [-0.05, 0) is 48.9 Å². The van der Waals surface area contributed by atoms with Crippen molar-refractivity contribution in [2.75, 3.05) is 44.6 Å². The van der Waals surface area contributed by atoms with Crippen molar-refractivity contribution in [1.82, 2.24) is 0 Å². The van der Waals surface area contributed by atoms with Crippen molar-refractivity contribution in [3.8, 4) is 23.0 Å². The van der Waals surface area contributed by atoms with E-state index in [4.69, 9.17) is 30.5 Å². The monoisotopic (exact) mass is 534 g/mol. The molecule has 0 aromatic heterocycles. The van der Waals surface area contributed by atoms with Gasteiger partial charge in [-0.2, -0.15) is 0 Å². The molecule has 9 nitrogen and oxygen atoms in total. The average Bonchev–Trinajstić information content (AvgIpc) is 2.88. The van der Waals surface area contributed by atoms with Crippen LogP contribution in [0.15, 0.2) is 59.5 Å². The van der Waals surface area contributed by atoms with Crippen LogP contribution in [-0.4, -0.2) is 49.3 Å². The lowest BCUT2D eigenvalue weighted by atomic mass is 10.2. The van der Waals surface area contributed by atoms with Crippen LogP contribution in [0.1, 0.15) is 5.56 Å². The van der Waals surface area contributed by atoms with E-state index in [2.05, 4.69) is 5.32 Å². The highest BCUT2D eigenvalue weighted by Crippen LogP contribution is 2.37. The lowest BCUT2D eigenvalue weighted by molar-refractivity contribution is -0.114. The van der Waals surface area contributed by atoms with Gasteiger partial charge in [0.2, 0.25) is 5.91 Å². The van der Waals surface area contributed by atoms with E-state index in [9.17, 15) is 13.2 Å². The molecule has 1 amide bonds. The normalized spacial score (nSPS) is 10.9. The third kappa shape index (κ3) is 5.77. The molecule has 3 rings (SSSR count).